The van der Waals surface area contributed by atoms with Crippen molar-refractivity contribution in [1.82, 2.24) is 15.5 Å². The van der Waals surface area contributed by atoms with Crippen LogP contribution in [0.2, 0.25) is 0 Å². The van der Waals surface area contributed by atoms with Crippen LogP contribution in [0.15, 0.2) is 127 Å². The first-order valence-electron chi connectivity index (χ1n) is 22.4. The van der Waals surface area contributed by atoms with Crippen molar-refractivity contribution in [2.75, 3.05) is 31.8 Å². The SMILES string of the molecule is C=CCNC(=O)[C@@H]1[C@H]2C(=O)O[C@H](c3ccccc3)[C@H](c3ccccc3)N2[C@H](c2cccc(OCCO)c2)[C@@]12C(=O)N(C(=O)N[C@H](C(=O)OC)C(C)C)c1ccc(C#CC3=CCCCC3)cc12. The summed E-state index contributed by atoms with van der Waals surface area (Å²) in [6, 6.07) is 25.4. The molecule has 1 aliphatic carbocycles. The van der Waals surface area contributed by atoms with Gasteiger partial charge in [0.05, 0.1) is 37.4 Å². The van der Waals surface area contributed by atoms with Crippen LogP contribution in [0, 0.1) is 23.7 Å². The number of carbonyl (C=O) groups excluding carboxylic acids is 5. The summed E-state index contributed by atoms with van der Waals surface area (Å²) < 4.78 is 17.6. The van der Waals surface area contributed by atoms with Gasteiger partial charge in [-0.05, 0) is 89.8 Å². The third-order valence-electron chi connectivity index (χ3n) is 13.0. The number of fused-ring (bicyclic) bond motifs is 3. The van der Waals surface area contributed by atoms with E-state index >= 15 is 14.4 Å². The van der Waals surface area contributed by atoms with Gasteiger partial charge in [-0.15, -0.1) is 6.58 Å². The third kappa shape index (κ3) is 8.27. The number of aliphatic hydroxyl groups is 1. The van der Waals surface area contributed by atoms with Crippen LogP contribution in [0.4, 0.5) is 10.5 Å². The fraction of sp³-hybridized carbons (Fsp3) is 0.340. The van der Waals surface area contributed by atoms with E-state index in [9.17, 15) is 14.7 Å². The van der Waals surface area contributed by atoms with Gasteiger partial charge in [0.15, 0.2) is 0 Å². The van der Waals surface area contributed by atoms with Gasteiger partial charge in [0.25, 0.3) is 0 Å². The monoisotopic (exact) mass is 890 g/mol. The number of nitrogens with one attached hydrogen (secondary N) is 2. The molecule has 0 aromatic heterocycles. The molecule has 4 aromatic carbocycles. The summed E-state index contributed by atoms with van der Waals surface area (Å²) in [7, 11) is 1.22. The zero-order valence-electron chi connectivity index (χ0n) is 37.3. The molecular formula is C53H54N4O9. The minimum Gasteiger partial charge on any atom is -0.491 e. The lowest BCUT2D eigenvalue weighted by atomic mass is 9.65. The van der Waals surface area contributed by atoms with Crippen molar-refractivity contribution in [3.8, 4) is 17.6 Å². The maximum atomic E-state index is 16.5. The highest BCUT2D eigenvalue weighted by Crippen LogP contribution is 2.66. The Balaban J connectivity index is 1.46. The van der Waals surface area contributed by atoms with Gasteiger partial charge < -0.3 is 30.0 Å². The van der Waals surface area contributed by atoms with Gasteiger partial charge in [0, 0.05) is 12.1 Å². The quantitative estimate of drug-likeness (QED) is 0.0785. The lowest BCUT2D eigenvalue weighted by Crippen LogP contribution is -2.57. The summed E-state index contributed by atoms with van der Waals surface area (Å²) in [5, 5.41) is 15.5. The molecule has 0 bridgehead atoms. The Morgan fingerprint density at radius 1 is 0.924 bits per heavy atom. The maximum absolute atomic E-state index is 16.5. The molecule has 8 rings (SSSR count). The van der Waals surface area contributed by atoms with Crippen LogP contribution in [0.1, 0.15) is 85.5 Å². The molecule has 4 aliphatic rings. The average molecular weight is 891 g/mol. The Morgan fingerprint density at radius 2 is 1.65 bits per heavy atom. The molecule has 0 unspecified atom stereocenters. The highest BCUT2D eigenvalue weighted by Gasteiger charge is 2.75. The number of nitrogens with zero attached hydrogens (tertiary/aromatic N) is 2. The molecule has 340 valence electrons. The summed E-state index contributed by atoms with van der Waals surface area (Å²) in [5.74, 6) is 2.11. The van der Waals surface area contributed by atoms with Crippen LogP contribution in [-0.4, -0.2) is 78.7 Å². The number of carbonyl (C=O) groups is 5. The number of benzene rings is 4. The van der Waals surface area contributed by atoms with Gasteiger partial charge >= 0.3 is 18.0 Å². The van der Waals surface area contributed by atoms with Crippen LogP contribution in [-0.2, 0) is 34.1 Å². The predicted octanol–water partition coefficient (Wildman–Crippen LogP) is 6.78. The van der Waals surface area contributed by atoms with Crippen LogP contribution in [0.3, 0.4) is 0 Å². The number of esters is 2. The van der Waals surface area contributed by atoms with Crippen molar-refractivity contribution in [2.24, 2.45) is 11.8 Å². The largest absolute Gasteiger partial charge is 0.491 e. The topological polar surface area (TPSA) is 164 Å². The zero-order chi connectivity index (χ0) is 46.5. The second kappa shape index (κ2) is 19.6. The smallest absolute Gasteiger partial charge is 0.329 e. The summed E-state index contributed by atoms with van der Waals surface area (Å²) in [4.78, 5) is 78.1. The van der Waals surface area contributed by atoms with Gasteiger partial charge in [-0.25, -0.2) is 14.5 Å². The van der Waals surface area contributed by atoms with Crippen molar-refractivity contribution in [1.29, 1.82) is 0 Å². The number of aliphatic hydroxyl groups excluding tert-OH is 1. The van der Waals surface area contributed by atoms with Crippen molar-refractivity contribution in [3.63, 3.8) is 0 Å². The van der Waals surface area contributed by atoms with Gasteiger partial charge in [-0.2, -0.15) is 0 Å². The number of hydrogen-bond donors (Lipinski definition) is 3. The predicted molar refractivity (Wildman–Crippen MR) is 247 cm³/mol. The molecule has 0 saturated carbocycles. The summed E-state index contributed by atoms with van der Waals surface area (Å²) in [6.45, 7) is 7.01. The minimum absolute atomic E-state index is 0.00183. The molecular weight excluding hydrogens is 837 g/mol. The van der Waals surface area contributed by atoms with Crippen LogP contribution >= 0.6 is 0 Å². The Morgan fingerprint density at radius 3 is 2.32 bits per heavy atom. The van der Waals surface area contributed by atoms with Gasteiger partial charge in [0.2, 0.25) is 11.8 Å². The first kappa shape index (κ1) is 45.6. The van der Waals surface area contributed by atoms with E-state index in [1.165, 1.54) is 13.2 Å². The first-order chi connectivity index (χ1) is 32.0. The lowest BCUT2D eigenvalue weighted by Gasteiger charge is -2.46. The summed E-state index contributed by atoms with van der Waals surface area (Å²) in [6.07, 6.45) is 6.55. The molecule has 3 aliphatic heterocycles. The number of hydrogen-bond acceptors (Lipinski definition) is 10. The summed E-state index contributed by atoms with van der Waals surface area (Å²) in [5.41, 5.74) is 1.78. The van der Waals surface area contributed by atoms with Gasteiger partial charge in [-0.3, -0.25) is 19.3 Å². The molecule has 2 saturated heterocycles. The molecule has 4 aromatic rings. The van der Waals surface area contributed by atoms with E-state index in [-0.39, 0.29) is 31.0 Å². The fourth-order valence-corrected chi connectivity index (χ4v) is 10.1. The van der Waals surface area contributed by atoms with Crippen molar-refractivity contribution >= 4 is 35.5 Å². The number of urea groups is 1. The fourth-order valence-electron chi connectivity index (χ4n) is 10.1. The van der Waals surface area contributed by atoms with E-state index < -0.39 is 77.3 Å². The Bertz CT molecular complexity index is 2600. The molecule has 4 amide bonds. The standard InChI is InChI=1S/C53H54N4O9/c1-5-28-54-48(59)42-45-50(61)66-46(37-20-13-8-14-21-37)44(36-18-11-7-12-19-36)57(45)47(38-22-15-23-39(32-38)65-30-29-58)53(42)40-31-35(25-24-34-16-9-6-10-17-34)26-27-41(40)56(51(53)62)52(63)55-43(33(2)3)49(60)64-4/h5,7-8,11-16,18-23,26-27,31-33,42-47,58H,1,6,9-10,17,28-30H2,2-4H3,(H,54,59)(H,55,63)/t42-,43-,44-,45-,46+,47+,53-/m0/s1. The second-order valence-corrected chi connectivity index (χ2v) is 17.2. The molecule has 13 nitrogen and oxygen atoms in total. The van der Waals surface area contributed by atoms with E-state index in [2.05, 4.69) is 35.1 Å². The van der Waals surface area contributed by atoms with Crippen LogP contribution in [0.25, 0.3) is 0 Å². The number of allylic oxidation sites excluding steroid dienone is 2. The van der Waals surface area contributed by atoms with E-state index in [4.69, 9.17) is 14.2 Å². The highest BCUT2D eigenvalue weighted by atomic mass is 16.6. The first-order valence-corrected chi connectivity index (χ1v) is 22.4. The highest BCUT2D eigenvalue weighted by molar-refractivity contribution is 6.25. The number of ether oxygens (including phenoxy) is 3. The molecule has 7 atom stereocenters. The van der Waals surface area contributed by atoms with E-state index in [0.29, 0.717) is 22.4 Å². The zero-order valence-corrected chi connectivity index (χ0v) is 37.3. The molecule has 66 heavy (non-hydrogen) atoms. The lowest BCUT2D eigenvalue weighted by molar-refractivity contribution is -0.178. The number of rotatable bonds is 12. The number of amides is 4. The van der Waals surface area contributed by atoms with E-state index in [1.54, 1.807) is 56.3 Å². The Hall–Kier alpha value is -7.01. The number of imide groups is 1. The van der Waals surface area contributed by atoms with Crippen molar-refractivity contribution < 1.29 is 43.3 Å². The minimum atomic E-state index is -2.06. The van der Waals surface area contributed by atoms with Crippen LogP contribution < -0.4 is 20.3 Å². The Labute approximate surface area is 384 Å². The van der Waals surface area contributed by atoms with Gasteiger partial charge in [0.1, 0.15) is 36.0 Å². The number of methoxy groups -OCH3 is 1. The Kier molecular flexibility index (Phi) is 13.5. The number of morpholine rings is 1. The van der Waals surface area contributed by atoms with E-state index in [0.717, 1.165) is 41.7 Å². The molecule has 2 fully saturated rings. The van der Waals surface area contributed by atoms with E-state index in [1.807, 2.05) is 65.6 Å². The molecule has 0 radical (unpaired) electrons. The van der Waals surface area contributed by atoms with Crippen molar-refractivity contribution in [2.45, 2.75) is 75.2 Å². The second-order valence-electron chi connectivity index (χ2n) is 17.2. The van der Waals surface area contributed by atoms with Crippen LogP contribution in [0.5, 0.6) is 5.75 Å². The number of anilines is 1. The average Bonchev–Trinajstić information content (AvgIpc) is 3.80. The molecule has 3 heterocycles. The van der Waals surface area contributed by atoms with Crippen molar-refractivity contribution in [3.05, 3.63) is 155 Å². The maximum Gasteiger partial charge on any atom is 0.329 e. The number of cyclic esters (lactones) is 1. The molecule has 3 N–H and O–H groups in total. The summed E-state index contributed by atoms with van der Waals surface area (Å²) >= 11 is 0. The third-order valence-corrected chi connectivity index (χ3v) is 13.0. The molecule has 1 spiro atoms. The van der Waals surface area contributed by atoms with Gasteiger partial charge in [-0.1, -0.05) is 111 Å². The molecule has 13 heteroatoms. The normalized spacial score (nSPS) is 23.7.